The van der Waals surface area contributed by atoms with Crippen molar-refractivity contribution in [3.05, 3.63) is 24.0 Å². The maximum Gasteiger partial charge on any atom is 0.103 e. The van der Waals surface area contributed by atoms with Gasteiger partial charge in [0.15, 0.2) is 0 Å². The van der Waals surface area contributed by atoms with Gasteiger partial charge >= 0.3 is 0 Å². The van der Waals surface area contributed by atoms with Crippen LogP contribution in [0.15, 0.2) is 18.3 Å². The van der Waals surface area contributed by atoms with Gasteiger partial charge in [-0.15, -0.1) is 0 Å². The van der Waals surface area contributed by atoms with E-state index in [1.54, 1.807) is 7.11 Å². The number of methoxy groups -OCH3 is 1. The molecule has 0 saturated heterocycles. The predicted molar refractivity (Wildman–Crippen MR) is 67.2 cm³/mol. The van der Waals surface area contributed by atoms with Crippen LogP contribution in [0, 0.1) is 6.92 Å². The van der Waals surface area contributed by atoms with Crippen LogP contribution in [0.25, 0.3) is 0 Å². The van der Waals surface area contributed by atoms with E-state index >= 15 is 0 Å². The van der Waals surface area contributed by atoms with Crippen molar-refractivity contribution >= 4 is 5.69 Å². The molecule has 3 unspecified atom stereocenters. The molecule has 4 heteroatoms. The Labute approximate surface area is 102 Å². The minimum absolute atomic E-state index is 0.135. The van der Waals surface area contributed by atoms with Crippen molar-refractivity contribution in [2.45, 2.75) is 38.5 Å². The van der Waals surface area contributed by atoms with Gasteiger partial charge in [-0.05, 0) is 32.4 Å². The van der Waals surface area contributed by atoms with Crippen LogP contribution in [0.2, 0.25) is 0 Å². The first kappa shape index (κ1) is 12.3. The first-order valence-corrected chi connectivity index (χ1v) is 6.08. The van der Waals surface area contributed by atoms with E-state index in [4.69, 9.17) is 9.47 Å². The number of hydrogen-bond donors (Lipinski definition) is 1. The molecule has 0 radical (unpaired) electrons. The highest BCUT2D eigenvalue weighted by Crippen LogP contribution is 2.29. The monoisotopic (exact) mass is 236 g/mol. The summed E-state index contributed by atoms with van der Waals surface area (Å²) >= 11 is 0. The number of nitrogens with zero attached hydrogens (tertiary/aromatic N) is 1. The van der Waals surface area contributed by atoms with E-state index in [1.165, 1.54) is 0 Å². The Balaban J connectivity index is 1.90. The molecule has 0 aromatic carbocycles. The third kappa shape index (κ3) is 2.76. The average Bonchev–Trinajstić information content (AvgIpc) is 2.30. The highest BCUT2D eigenvalue weighted by molar-refractivity contribution is 5.43. The Morgan fingerprint density at radius 3 is 2.88 bits per heavy atom. The van der Waals surface area contributed by atoms with E-state index in [9.17, 15) is 0 Å². The second kappa shape index (κ2) is 5.47. The number of nitrogens with one attached hydrogen (secondary N) is 1. The number of aryl methyl sites for hydroxylation is 1. The van der Waals surface area contributed by atoms with Crippen LogP contribution in [0.1, 0.15) is 19.0 Å². The van der Waals surface area contributed by atoms with Gasteiger partial charge in [0, 0.05) is 19.4 Å². The maximum absolute atomic E-state index is 5.59. The molecule has 1 aliphatic rings. The zero-order valence-electron chi connectivity index (χ0n) is 10.6. The van der Waals surface area contributed by atoms with Crippen molar-refractivity contribution in [3.8, 4) is 0 Å². The Hall–Kier alpha value is -1.13. The van der Waals surface area contributed by atoms with E-state index in [0.717, 1.165) is 24.4 Å². The molecule has 1 aromatic rings. The summed E-state index contributed by atoms with van der Waals surface area (Å²) in [5.74, 6) is 0. The van der Waals surface area contributed by atoms with Crippen LogP contribution < -0.4 is 5.32 Å². The zero-order chi connectivity index (χ0) is 12.3. The summed E-state index contributed by atoms with van der Waals surface area (Å²) in [4.78, 5) is 4.26. The van der Waals surface area contributed by atoms with Gasteiger partial charge < -0.3 is 14.8 Å². The Bertz CT molecular complexity index is 353. The molecule has 17 heavy (non-hydrogen) atoms. The normalized spacial score (nSPS) is 27.6. The van der Waals surface area contributed by atoms with Gasteiger partial charge in [0.1, 0.15) is 6.10 Å². The number of hydrogen-bond acceptors (Lipinski definition) is 4. The summed E-state index contributed by atoms with van der Waals surface area (Å²) in [7, 11) is 1.73. The van der Waals surface area contributed by atoms with Crippen LogP contribution in [-0.4, -0.2) is 37.0 Å². The highest BCUT2D eigenvalue weighted by atomic mass is 16.5. The quantitative estimate of drug-likeness (QED) is 0.849. The molecule has 0 amide bonds. The van der Waals surface area contributed by atoms with Crippen LogP contribution in [0.5, 0.6) is 0 Å². The Morgan fingerprint density at radius 2 is 2.29 bits per heavy atom. The van der Waals surface area contributed by atoms with Gasteiger partial charge in [-0.25, -0.2) is 0 Å². The van der Waals surface area contributed by atoms with Crippen molar-refractivity contribution < 1.29 is 9.47 Å². The van der Waals surface area contributed by atoms with E-state index < -0.39 is 0 Å². The van der Waals surface area contributed by atoms with Crippen molar-refractivity contribution in [2.24, 2.45) is 0 Å². The lowest BCUT2D eigenvalue weighted by Gasteiger charge is -2.43. The number of ether oxygens (including phenoxy) is 2. The predicted octanol–water partition coefficient (Wildman–Crippen LogP) is 1.99. The molecule has 2 rings (SSSR count). The molecule has 3 atom stereocenters. The fraction of sp³-hybridized carbons (Fsp3) is 0.615. The van der Waals surface area contributed by atoms with Gasteiger partial charge in [-0.3, -0.25) is 4.98 Å². The van der Waals surface area contributed by atoms with Gasteiger partial charge in [-0.1, -0.05) is 0 Å². The number of rotatable bonds is 5. The Morgan fingerprint density at radius 1 is 1.47 bits per heavy atom. The molecule has 1 fully saturated rings. The molecule has 4 nitrogen and oxygen atoms in total. The summed E-state index contributed by atoms with van der Waals surface area (Å²) in [5.41, 5.74) is 2.07. The van der Waals surface area contributed by atoms with Crippen LogP contribution in [0.3, 0.4) is 0 Å². The zero-order valence-corrected chi connectivity index (χ0v) is 10.6. The lowest BCUT2D eigenvalue weighted by molar-refractivity contribution is -0.118. The maximum atomic E-state index is 5.59. The van der Waals surface area contributed by atoms with E-state index in [0.29, 0.717) is 6.04 Å². The lowest BCUT2D eigenvalue weighted by Crippen LogP contribution is -2.56. The molecular weight excluding hydrogens is 216 g/mol. The van der Waals surface area contributed by atoms with Crippen molar-refractivity contribution in [1.82, 2.24) is 4.98 Å². The smallest absolute Gasteiger partial charge is 0.103 e. The van der Waals surface area contributed by atoms with Gasteiger partial charge in [0.25, 0.3) is 0 Å². The molecular formula is C13H20N2O2. The minimum Gasteiger partial charge on any atom is -0.378 e. The third-order valence-corrected chi connectivity index (χ3v) is 3.17. The first-order valence-electron chi connectivity index (χ1n) is 6.08. The first-order chi connectivity index (χ1) is 8.24. The second-order valence-electron chi connectivity index (χ2n) is 4.37. The fourth-order valence-corrected chi connectivity index (χ4v) is 2.18. The van der Waals surface area contributed by atoms with Crippen LogP contribution >= 0.6 is 0 Å². The number of aromatic nitrogens is 1. The van der Waals surface area contributed by atoms with Crippen molar-refractivity contribution in [2.75, 3.05) is 19.0 Å². The largest absolute Gasteiger partial charge is 0.378 e. The molecule has 1 heterocycles. The summed E-state index contributed by atoms with van der Waals surface area (Å²) in [5, 5.41) is 3.43. The summed E-state index contributed by atoms with van der Waals surface area (Å²) in [6.45, 7) is 4.73. The standard InChI is InChI=1S/C13H20N2O2/c1-4-17-12-7-11(13(12)16-3)15-10-6-5-9(2)14-8-10/h5-6,8,11-13,15H,4,7H2,1-3H3. The van der Waals surface area contributed by atoms with Gasteiger partial charge in [0.2, 0.25) is 0 Å². The van der Waals surface area contributed by atoms with Crippen molar-refractivity contribution in [3.63, 3.8) is 0 Å². The molecule has 1 aromatic heterocycles. The molecule has 0 spiro atoms. The van der Waals surface area contributed by atoms with Gasteiger partial charge in [0.05, 0.1) is 24.0 Å². The van der Waals surface area contributed by atoms with E-state index in [-0.39, 0.29) is 12.2 Å². The highest BCUT2D eigenvalue weighted by Gasteiger charge is 2.42. The fourth-order valence-electron chi connectivity index (χ4n) is 2.18. The second-order valence-corrected chi connectivity index (χ2v) is 4.37. The average molecular weight is 236 g/mol. The topological polar surface area (TPSA) is 43.4 Å². The molecule has 1 N–H and O–H groups in total. The number of pyridine rings is 1. The summed E-state index contributed by atoms with van der Waals surface area (Å²) in [6, 6.07) is 4.37. The van der Waals surface area contributed by atoms with E-state index in [2.05, 4.69) is 10.3 Å². The summed E-state index contributed by atoms with van der Waals surface area (Å²) in [6.07, 6.45) is 3.20. The molecule has 0 bridgehead atoms. The number of anilines is 1. The van der Waals surface area contributed by atoms with Crippen molar-refractivity contribution in [1.29, 1.82) is 0 Å². The molecule has 94 valence electrons. The lowest BCUT2D eigenvalue weighted by atomic mass is 9.85. The van der Waals surface area contributed by atoms with Crippen LogP contribution in [0.4, 0.5) is 5.69 Å². The minimum atomic E-state index is 0.135. The third-order valence-electron chi connectivity index (χ3n) is 3.17. The molecule has 1 saturated carbocycles. The SMILES string of the molecule is CCOC1CC(Nc2ccc(C)nc2)C1OC. The summed E-state index contributed by atoms with van der Waals surface area (Å²) < 4.78 is 11.0. The molecule has 1 aliphatic carbocycles. The van der Waals surface area contributed by atoms with Crippen LogP contribution in [-0.2, 0) is 9.47 Å². The van der Waals surface area contributed by atoms with E-state index in [1.807, 2.05) is 32.2 Å². The van der Waals surface area contributed by atoms with Gasteiger partial charge in [-0.2, -0.15) is 0 Å². The Kier molecular flexibility index (Phi) is 3.97. The molecule has 0 aliphatic heterocycles.